The van der Waals surface area contributed by atoms with Gasteiger partial charge in [0.05, 0.1) is 14.2 Å². The van der Waals surface area contributed by atoms with Crippen LogP contribution in [-0.2, 0) is 9.59 Å². The highest BCUT2D eigenvalue weighted by molar-refractivity contribution is 5.94. The fraction of sp³-hybridized carbons (Fsp3) is 0.263. The maximum Gasteiger partial charge on any atom is 0.226 e. The van der Waals surface area contributed by atoms with Crippen LogP contribution < -0.4 is 19.7 Å². The average molecular weight is 342 g/mol. The van der Waals surface area contributed by atoms with E-state index in [0.717, 1.165) is 5.75 Å². The van der Waals surface area contributed by atoms with Gasteiger partial charge in [-0.05, 0) is 36.4 Å². The molecule has 25 heavy (non-hydrogen) atoms. The summed E-state index contributed by atoms with van der Waals surface area (Å²) < 4.78 is 10.3. The van der Waals surface area contributed by atoms with E-state index in [0.29, 0.717) is 17.1 Å². The van der Waals surface area contributed by atoms with Gasteiger partial charge in [0.2, 0.25) is 11.8 Å². The van der Waals surface area contributed by atoms with E-state index in [1.807, 2.05) is 12.1 Å². The summed E-state index contributed by atoms with van der Waals surface area (Å²) in [7, 11) is 3.15. The van der Waals surface area contributed by atoms with Crippen LogP contribution in [0, 0.1) is 0 Å². The van der Waals surface area contributed by atoms with Crippen molar-refractivity contribution in [3.63, 3.8) is 0 Å². The lowest BCUT2D eigenvalue weighted by molar-refractivity contribution is -0.117. The van der Waals surface area contributed by atoms with Crippen molar-refractivity contribution in [3.05, 3.63) is 48.5 Å². The molecule has 0 radical (unpaired) electrons. The second kappa shape index (κ2) is 8.73. The Kier molecular flexibility index (Phi) is 6.39. The molecule has 0 aromatic heterocycles. The van der Waals surface area contributed by atoms with E-state index in [-0.39, 0.29) is 24.8 Å². The Labute approximate surface area is 147 Å². The molecule has 0 heterocycles. The molecule has 1 N–H and O–H groups in total. The van der Waals surface area contributed by atoms with Crippen LogP contribution in [-0.4, -0.2) is 32.6 Å². The van der Waals surface area contributed by atoms with E-state index in [1.165, 1.54) is 6.92 Å². The van der Waals surface area contributed by atoms with Gasteiger partial charge in [-0.25, -0.2) is 0 Å². The molecule has 0 saturated carbocycles. The minimum Gasteiger partial charge on any atom is -0.497 e. The molecule has 6 nitrogen and oxygen atoms in total. The zero-order valence-electron chi connectivity index (χ0n) is 14.6. The van der Waals surface area contributed by atoms with Crippen LogP contribution >= 0.6 is 0 Å². The molecule has 0 aliphatic rings. The highest BCUT2D eigenvalue weighted by Crippen LogP contribution is 2.21. The number of benzene rings is 2. The molecular weight excluding hydrogens is 320 g/mol. The first-order valence-corrected chi connectivity index (χ1v) is 7.89. The monoisotopic (exact) mass is 342 g/mol. The third-order valence-electron chi connectivity index (χ3n) is 3.68. The summed E-state index contributed by atoms with van der Waals surface area (Å²) >= 11 is 0. The van der Waals surface area contributed by atoms with Gasteiger partial charge in [0.15, 0.2) is 0 Å². The Bertz CT molecular complexity index is 728. The number of ether oxygens (including phenoxy) is 2. The van der Waals surface area contributed by atoms with Crippen LogP contribution in [0.15, 0.2) is 48.5 Å². The molecule has 0 spiro atoms. The van der Waals surface area contributed by atoms with E-state index in [2.05, 4.69) is 5.32 Å². The van der Waals surface area contributed by atoms with Crippen LogP contribution in [0.25, 0.3) is 0 Å². The molecule has 6 heteroatoms. The van der Waals surface area contributed by atoms with Crippen LogP contribution in [0.3, 0.4) is 0 Å². The van der Waals surface area contributed by atoms with Crippen molar-refractivity contribution in [2.24, 2.45) is 0 Å². The second-order valence-electron chi connectivity index (χ2n) is 5.40. The highest BCUT2D eigenvalue weighted by Gasteiger charge is 2.14. The van der Waals surface area contributed by atoms with Gasteiger partial charge in [-0.15, -0.1) is 0 Å². The lowest BCUT2D eigenvalue weighted by Gasteiger charge is -2.21. The molecule has 2 aromatic rings. The van der Waals surface area contributed by atoms with Crippen LogP contribution in [0.4, 0.5) is 11.4 Å². The second-order valence-corrected chi connectivity index (χ2v) is 5.40. The van der Waals surface area contributed by atoms with Gasteiger partial charge in [0, 0.05) is 37.3 Å². The first-order chi connectivity index (χ1) is 12.0. The largest absolute Gasteiger partial charge is 0.497 e. The Balaban J connectivity index is 1.97. The lowest BCUT2D eigenvalue weighted by Crippen LogP contribution is -2.31. The molecule has 2 aromatic carbocycles. The van der Waals surface area contributed by atoms with Crippen LogP contribution in [0.2, 0.25) is 0 Å². The zero-order valence-corrected chi connectivity index (χ0v) is 14.6. The maximum absolute atomic E-state index is 12.1. The number of nitrogens with zero attached hydrogens (tertiary/aromatic N) is 1. The summed E-state index contributed by atoms with van der Waals surface area (Å²) in [6.07, 6.45) is 0.183. The number of hydrogen-bond donors (Lipinski definition) is 1. The van der Waals surface area contributed by atoms with Crippen molar-refractivity contribution in [1.29, 1.82) is 0 Å². The third kappa shape index (κ3) is 5.24. The van der Waals surface area contributed by atoms with E-state index in [4.69, 9.17) is 9.47 Å². The molecule has 2 amide bonds. The molecule has 0 aliphatic carbocycles. The number of carbonyl (C=O) groups is 2. The van der Waals surface area contributed by atoms with E-state index < -0.39 is 0 Å². The number of methoxy groups -OCH3 is 2. The minimum atomic E-state index is -0.167. The Morgan fingerprint density at radius 2 is 1.68 bits per heavy atom. The number of carbonyl (C=O) groups excluding carboxylic acids is 2. The molecule has 0 aliphatic heterocycles. The molecule has 0 fully saturated rings. The van der Waals surface area contributed by atoms with Gasteiger partial charge in [-0.3, -0.25) is 9.59 Å². The fourth-order valence-corrected chi connectivity index (χ4v) is 2.36. The molecule has 0 saturated heterocycles. The van der Waals surface area contributed by atoms with Gasteiger partial charge < -0.3 is 19.7 Å². The van der Waals surface area contributed by atoms with Crippen molar-refractivity contribution >= 4 is 23.2 Å². The summed E-state index contributed by atoms with van der Waals surface area (Å²) in [4.78, 5) is 25.6. The Morgan fingerprint density at radius 1 is 1.00 bits per heavy atom. The van der Waals surface area contributed by atoms with Crippen molar-refractivity contribution < 1.29 is 19.1 Å². The predicted molar refractivity (Wildman–Crippen MR) is 97.3 cm³/mol. The van der Waals surface area contributed by atoms with Gasteiger partial charge in [0.1, 0.15) is 11.5 Å². The highest BCUT2D eigenvalue weighted by atomic mass is 16.5. The molecule has 2 rings (SSSR count). The van der Waals surface area contributed by atoms with Gasteiger partial charge in [-0.2, -0.15) is 0 Å². The van der Waals surface area contributed by atoms with Crippen molar-refractivity contribution in [1.82, 2.24) is 0 Å². The predicted octanol–water partition coefficient (Wildman–Crippen LogP) is 3.09. The fourth-order valence-electron chi connectivity index (χ4n) is 2.36. The van der Waals surface area contributed by atoms with Crippen LogP contribution in [0.5, 0.6) is 11.5 Å². The van der Waals surface area contributed by atoms with Crippen molar-refractivity contribution in [2.75, 3.05) is 31.0 Å². The Morgan fingerprint density at radius 3 is 2.28 bits per heavy atom. The van der Waals surface area contributed by atoms with Crippen LogP contribution in [0.1, 0.15) is 13.3 Å². The smallest absolute Gasteiger partial charge is 0.226 e. The number of anilines is 2. The lowest BCUT2D eigenvalue weighted by atomic mass is 10.2. The van der Waals surface area contributed by atoms with Gasteiger partial charge >= 0.3 is 0 Å². The Hall–Kier alpha value is -3.02. The third-order valence-corrected chi connectivity index (χ3v) is 3.68. The molecule has 132 valence electrons. The zero-order chi connectivity index (χ0) is 18.2. The standard InChI is InChI=1S/C19H22N2O4/c1-14(22)21(16-5-4-6-18(13-16)25-3)12-11-19(23)20-15-7-9-17(24-2)10-8-15/h4-10,13H,11-12H2,1-3H3,(H,20,23). The molecular formula is C19H22N2O4. The summed E-state index contributed by atoms with van der Waals surface area (Å²) in [6.45, 7) is 1.76. The topological polar surface area (TPSA) is 67.9 Å². The number of nitrogens with one attached hydrogen (secondary N) is 1. The first-order valence-electron chi connectivity index (χ1n) is 7.89. The molecule has 0 bridgehead atoms. The summed E-state index contributed by atoms with van der Waals surface area (Å²) in [5.74, 6) is 1.08. The minimum absolute atomic E-state index is 0.134. The number of hydrogen-bond acceptors (Lipinski definition) is 4. The van der Waals surface area contributed by atoms with Gasteiger partial charge in [-0.1, -0.05) is 6.07 Å². The number of rotatable bonds is 7. The van der Waals surface area contributed by atoms with Crippen molar-refractivity contribution in [2.45, 2.75) is 13.3 Å². The quantitative estimate of drug-likeness (QED) is 0.840. The first kappa shape index (κ1) is 18.3. The summed E-state index contributed by atoms with van der Waals surface area (Å²) in [6, 6.07) is 14.3. The SMILES string of the molecule is COc1ccc(NC(=O)CCN(C(C)=O)c2cccc(OC)c2)cc1. The number of amides is 2. The normalized spacial score (nSPS) is 10.0. The summed E-state index contributed by atoms with van der Waals surface area (Å²) in [5.41, 5.74) is 1.38. The van der Waals surface area contributed by atoms with E-state index in [9.17, 15) is 9.59 Å². The van der Waals surface area contributed by atoms with E-state index in [1.54, 1.807) is 55.5 Å². The molecule has 0 atom stereocenters. The van der Waals surface area contributed by atoms with Crippen molar-refractivity contribution in [3.8, 4) is 11.5 Å². The average Bonchev–Trinajstić information content (AvgIpc) is 2.62. The summed E-state index contributed by atoms with van der Waals surface area (Å²) in [5, 5.41) is 2.80. The maximum atomic E-state index is 12.1. The van der Waals surface area contributed by atoms with E-state index >= 15 is 0 Å². The molecule has 0 unspecified atom stereocenters. The van der Waals surface area contributed by atoms with Gasteiger partial charge in [0.25, 0.3) is 0 Å².